The molecule has 1 N–H and O–H groups in total. The Kier molecular flexibility index (Phi) is 5.34. The van der Waals surface area contributed by atoms with E-state index in [1.54, 1.807) is 39.2 Å². The van der Waals surface area contributed by atoms with E-state index < -0.39 is 11.7 Å². The van der Waals surface area contributed by atoms with Gasteiger partial charge in [-0.3, -0.25) is 9.78 Å². The van der Waals surface area contributed by atoms with E-state index in [4.69, 9.17) is 4.74 Å². The molecular weight excluding hydrogens is 292 g/mol. The molecule has 5 heteroatoms. The first kappa shape index (κ1) is 17.0. The van der Waals surface area contributed by atoms with Crippen molar-refractivity contribution < 1.29 is 14.6 Å². The van der Waals surface area contributed by atoms with E-state index in [2.05, 4.69) is 4.98 Å². The number of likely N-dealkylation sites (N-methyl/N-ethyl adjacent to an activating group) is 1. The zero-order valence-electron chi connectivity index (χ0n) is 13.6. The number of pyridine rings is 1. The van der Waals surface area contributed by atoms with Gasteiger partial charge in [-0.1, -0.05) is 24.3 Å². The number of carbonyl (C=O) groups is 1. The Bertz CT molecular complexity index is 624. The van der Waals surface area contributed by atoms with E-state index in [1.165, 1.54) is 4.90 Å². The molecule has 2 rings (SSSR count). The minimum Gasteiger partial charge on any atom is -0.478 e. The van der Waals surface area contributed by atoms with E-state index in [0.29, 0.717) is 12.3 Å². The summed E-state index contributed by atoms with van der Waals surface area (Å²) in [7, 11) is 1.67. The second kappa shape index (κ2) is 7.24. The van der Waals surface area contributed by atoms with Crippen molar-refractivity contribution in [2.75, 3.05) is 7.05 Å². The number of ether oxygens (including phenoxy) is 1. The molecule has 0 unspecified atom stereocenters. The van der Waals surface area contributed by atoms with E-state index >= 15 is 0 Å². The number of carbonyl (C=O) groups excluding carboxylic acids is 1. The van der Waals surface area contributed by atoms with E-state index in [9.17, 15) is 9.90 Å². The van der Waals surface area contributed by atoms with Crippen molar-refractivity contribution in [1.29, 1.82) is 0 Å². The fourth-order valence-electron chi connectivity index (χ4n) is 2.14. The summed E-state index contributed by atoms with van der Waals surface area (Å²) in [4.78, 5) is 18.4. The van der Waals surface area contributed by atoms with Gasteiger partial charge in [0.15, 0.2) is 0 Å². The quantitative estimate of drug-likeness (QED) is 0.888. The van der Waals surface area contributed by atoms with E-state index in [-0.39, 0.29) is 5.91 Å². The zero-order valence-corrected chi connectivity index (χ0v) is 13.6. The number of para-hydroxylation sites is 1. The lowest BCUT2D eigenvalue weighted by Gasteiger charge is -2.32. The molecule has 122 valence electrons. The van der Waals surface area contributed by atoms with Crippen LogP contribution in [0.2, 0.25) is 0 Å². The van der Waals surface area contributed by atoms with Crippen molar-refractivity contribution in [1.82, 2.24) is 9.88 Å². The van der Waals surface area contributed by atoms with Gasteiger partial charge in [-0.2, -0.15) is 0 Å². The molecule has 0 aliphatic heterocycles. The Morgan fingerprint density at radius 1 is 1.22 bits per heavy atom. The minimum absolute atomic E-state index is 0.299. The fraction of sp³-hybridized carbons (Fsp3) is 0.333. The van der Waals surface area contributed by atoms with Crippen LogP contribution in [0.25, 0.3) is 0 Å². The lowest BCUT2D eigenvalue weighted by atomic mass is 10.0. The van der Waals surface area contributed by atoms with Gasteiger partial charge in [0.25, 0.3) is 5.91 Å². The maximum atomic E-state index is 12.7. The third-order valence-electron chi connectivity index (χ3n) is 3.36. The molecule has 23 heavy (non-hydrogen) atoms. The maximum absolute atomic E-state index is 12.7. The molecule has 0 fully saturated rings. The number of hydrogen-bond donors (Lipinski definition) is 1. The van der Waals surface area contributed by atoms with Crippen molar-refractivity contribution in [2.24, 2.45) is 0 Å². The van der Waals surface area contributed by atoms with E-state index in [0.717, 1.165) is 5.69 Å². The number of amides is 1. The van der Waals surface area contributed by atoms with Crippen molar-refractivity contribution in [3.8, 4) is 5.75 Å². The van der Waals surface area contributed by atoms with Crippen molar-refractivity contribution >= 4 is 5.91 Å². The van der Waals surface area contributed by atoms with Gasteiger partial charge in [0.2, 0.25) is 6.10 Å². The number of aromatic nitrogens is 1. The van der Waals surface area contributed by atoms with Gasteiger partial charge in [-0.25, -0.2) is 0 Å². The number of rotatable bonds is 6. The monoisotopic (exact) mass is 314 g/mol. The standard InChI is InChI=1S/C18H22N2O3/c1-18(2,22)16(23-15-10-5-4-6-11-15)17(21)20(3)13-14-9-7-8-12-19-14/h4-12,16,22H,13H2,1-3H3/t16-/m0/s1. The molecule has 2 aromatic rings. The average molecular weight is 314 g/mol. The predicted molar refractivity (Wildman–Crippen MR) is 87.9 cm³/mol. The summed E-state index contributed by atoms with van der Waals surface area (Å²) in [5.41, 5.74) is -0.539. The molecule has 0 aliphatic carbocycles. The summed E-state index contributed by atoms with van der Waals surface area (Å²) in [5, 5.41) is 10.3. The van der Waals surface area contributed by atoms with Gasteiger partial charge >= 0.3 is 0 Å². The molecule has 0 radical (unpaired) electrons. The summed E-state index contributed by atoms with van der Waals surface area (Å²) in [5.74, 6) is 0.242. The predicted octanol–water partition coefficient (Wildman–Crippen LogP) is 2.26. The maximum Gasteiger partial charge on any atom is 0.266 e. The minimum atomic E-state index is -1.31. The topological polar surface area (TPSA) is 62.7 Å². The molecule has 0 spiro atoms. The number of aliphatic hydroxyl groups is 1. The highest BCUT2D eigenvalue weighted by Gasteiger charge is 2.37. The Morgan fingerprint density at radius 3 is 2.43 bits per heavy atom. The zero-order chi connectivity index (χ0) is 16.9. The van der Waals surface area contributed by atoms with Gasteiger partial charge in [-0.15, -0.1) is 0 Å². The highest BCUT2D eigenvalue weighted by atomic mass is 16.5. The Labute approximate surface area is 136 Å². The van der Waals surface area contributed by atoms with Gasteiger partial charge in [-0.05, 0) is 38.1 Å². The third kappa shape index (κ3) is 4.79. The van der Waals surface area contributed by atoms with Crippen LogP contribution < -0.4 is 4.74 Å². The first-order chi connectivity index (χ1) is 10.9. The molecule has 1 atom stereocenters. The number of benzene rings is 1. The summed E-state index contributed by atoms with van der Waals surface area (Å²) in [6.07, 6.45) is 0.681. The van der Waals surface area contributed by atoms with E-state index in [1.807, 2.05) is 36.4 Å². The van der Waals surface area contributed by atoms with Gasteiger partial charge in [0.1, 0.15) is 11.4 Å². The van der Waals surface area contributed by atoms with Crippen LogP contribution in [0, 0.1) is 0 Å². The van der Waals surface area contributed by atoms with Gasteiger partial charge in [0, 0.05) is 13.2 Å². The molecule has 1 amide bonds. The van der Waals surface area contributed by atoms with Crippen LogP contribution in [-0.2, 0) is 11.3 Å². The molecule has 0 saturated carbocycles. The van der Waals surface area contributed by atoms with Crippen molar-refractivity contribution in [3.63, 3.8) is 0 Å². The number of nitrogens with zero attached hydrogens (tertiary/aromatic N) is 2. The second-order valence-corrected chi connectivity index (χ2v) is 5.98. The normalized spacial score (nSPS) is 12.5. The van der Waals surface area contributed by atoms with Crippen molar-refractivity contribution in [2.45, 2.75) is 32.1 Å². The molecular formula is C18H22N2O3. The molecule has 1 aromatic carbocycles. The highest BCUT2D eigenvalue weighted by Crippen LogP contribution is 2.20. The Hall–Kier alpha value is -2.40. The largest absolute Gasteiger partial charge is 0.478 e. The molecule has 0 bridgehead atoms. The van der Waals surface area contributed by atoms with Gasteiger partial charge in [0.05, 0.1) is 12.2 Å². The summed E-state index contributed by atoms with van der Waals surface area (Å²) >= 11 is 0. The van der Waals surface area contributed by atoms with Gasteiger partial charge < -0.3 is 14.7 Å². The van der Waals surface area contributed by atoms with Crippen LogP contribution in [0.3, 0.4) is 0 Å². The smallest absolute Gasteiger partial charge is 0.266 e. The molecule has 0 aliphatic rings. The highest BCUT2D eigenvalue weighted by molar-refractivity contribution is 5.82. The van der Waals surface area contributed by atoms with Crippen molar-refractivity contribution in [3.05, 3.63) is 60.4 Å². The van der Waals surface area contributed by atoms with Crippen LogP contribution in [0.15, 0.2) is 54.7 Å². The Balaban J connectivity index is 2.13. The average Bonchev–Trinajstić information content (AvgIpc) is 2.53. The summed E-state index contributed by atoms with van der Waals surface area (Å²) in [6.45, 7) is 3.48. The summed E-state index contributed by atoms with van der Waals surface area (Å²) < 4.78 is 5.74. The second-order valence-electron chi connectivity index (χ2n) is 5.98. The molecule has 5 nitrogen and oxygen atoms in total. The first-order valence-corrected chi connectivity index (χ1v) is 7.47. The number of hydrogen-bond acceptors (Lipinski definition) is 4. The fourth-order valence-corrected chi connectivity index (χ4v) is 2.14. The molecule has 0 saturated heterocycles. The van der Waals surface area contributed by atoms with Crippen LogP contribution in [0.5, 0.6) is 5.75 Å². The Morgan fingerprint density at radius 2 is 1.87 bits per heavy atom. The molecule has 1 heterocycles. The lowest BCUT2D eigenvalue weighted by Crippen LogP contribution is -2.51. The molecule has 1 aromatic heterocycles. The first-order valence-electron chi connectivity index (χ1n) is 7.47. The third-order valence-corrected chi connectivity index (χ3v) is 3.36. The van der Waals surface area contributed by atoms with Crippen LogP contribution in [0.1, 0.15) is 19.5 Å². The van der Waals surface area contributed by atoms with Crippen LogP contribution >= 0.6 is 0 Å². The summed E-state index contributed by atoms with van der Waals surface area (Å²) in [6, 6.07) is 14.5. The van der Waals surface area contributed by atoms with Crippen LogP contribution in [-0.4, -0.2) is 39.7 Å². The SMILES string of the molecule is CN(Cc1ccccn1)C(=O)[C@H](Oc1ccccc1)C(C)(C)O. The van der Waals surface area contributed by atoms with Crippen LogP contribution in [0.4, 0.5) is 0 Å². The lowest BCUT2D eigenvalue weighted by molar-refractivity contribution is -0.149.